The van der Waals surface area contributed by atoms with Gasteiger partial charge in [-0.2, -0.15) is 0 Å². The molecule has 1 aliphatic rings. The van der Waals surface area contributed by atoms with E-state index in [1.165, 1.54) is 6.42 Å². The van der Waals surface area contributed by atoms with Crippen LogP contribution >= 0.6 is 23.2 Å². The van der Waals surface area contributed by atoms with Crippen molar-refractivity contribution in [1.29, 1.82) is 0 Å². The Morgan fingerprint density at radius 1 is 1.44 bits per heavy atom. The van der Waals surface area contributed by atoms with E-state index in [9.17, 15) is 5.11 Å². The van der Waals surface area contributed by atoms with Crippen molar-refractivity contribution in [1.82, 2.24) is 5.32 Å². The van der Waals surface area contributed by atoms with Gasteiger partial charge in [-0.1, -0.05) is 36.2 Å². The van der Waals surface area contributed by atoms with Gasteiger partial charge in [-0.25, -0.2) is 0 Å². The molecule has 0 amide bonds. The topological polar surface area (TPSA) is 32.3 Å². The summed E-state index contributed by atoms with van der Waals surface area (Å²) in [5.41, 5.74) is 0.765. The fourth-order valence-electron chi connectivity index (χ4n) is 2.57. The van der Waals surface area contributed by atoms with Crippen molar-refractivity contribution in [3.63, 3.8) is 0 Å². The summed E-state index contributed by atoms with van der Waals surface area (Å²) < 4.78 is 0. The molecule has 0 radical (unpaired) electrons. The molecule has 4 heteroatoms. The van der Waals surface area contributed by atoms with Gasteiger partial charge in [0.25, 0.3) is 0 Å². The first kappa shape index (κ1) is 14.1. The van der Waals surface area contributed by atoms with Gasteiger partial charge in [-0.3, -0.25) is 0 Å². The lowest BCUT2D eigenvalue weighted by atomic mass is 9.90. The fraction of sp³-hybridized carbons (Fsp3) is 0.571. The van der Waals surface area contributed by atoms with Crippen molar-refractivity contribution in [2.45, 2.75) is 38.3 Å². The van der Waals surface area contributed by atoms with Crippen molar-refractivity contribution in [2.75, 3.05) is 6.54 Å². The van der Waals surface area contributed by atoms with Gasteiger partial charge >= 0.3 is 0 Å². The average Bonchev–Trinajstić information content (AvgIpc) is 2.28. The van der Waals surface area contributed by atoms with E-state index in [4.69, 9.17) is 23.2 Å². The number of nitrogens with one attached hydrogen (secondary N) is 1. The Kier molecular flexibility index (Phi) is 4.91. The SMILES string of the molecule is CC1CCNC(CC(O)c2ccc(Cl)cc2Cl)C1. The van der Waals surface area contributed by atoms with E-state index >= 15 is 0 Å². The molecule has 0 spiro atoms. The Balaban J connectivity index is 2.00. The molecule has 18 heavy (non-hydrogen) atoms. The molecule has 1 aliphatic heterocycles. The zero-order valence-electron chi connectivity index (χ0n) is 10.5. The van der Waals surface area contributed by atoms with Crippen LogP contribution < -0.4 is 5.32 Å². The van der Waals surface area contributed by atoms with Gasteiger partial charge in [0.2, 0.25) is 0 Å². The summed E-state index contributed by atoms with van der Waals surface area (Å²) in [7, 11) is 0. The molecule has 0 aliphatic carbocycles. The lowest BCUT2D eigenvalue weighted by Crippen LogP contribution is -2.38. The maximum atomic E-state index is 10.3. The Morgan fingerprint density at radius 2 is 2.22 bits per heavy atom. The van der Waals surface area contributed by atoms with Crippen molar-refractivity contribution >= 4 is 23.2 Å². The minimum Gasteiger partial charge on any atom is -0.388 e. The van der Waals surface area contributed by atoms with Gasteiger partial charge < -0.3 is 10.4 Å². The van der Waals surface area contributed by atoms with E-state index in [1.807, 2.05) is 6.07 Å². The first-order valence-electron chi connectivity index (χ1n) is 6.42. The number of halogens is 2. The molecule has 100 valence electrons. The van der Waals surface area contributed by atoms with Gasteiger partial charge in [-0.15, -0.1) is 0 Å². The molecule has 3 unspecified atom stereocenters. The number of hydrogen-bond donors (Lipinski definition) is 2. The summed E-state index contributed by atoms with van der Waals surface area (Å²) in [6.45, 7) is 3.29. The van der Waals surface area contributed by atoms with Crippen LogP contribution in [0.1, 0.15) is 37.9 Å². The number of aliphatic hydroxyl groups excluding tert-OH is 1. The largest absolute Gasteiger partial charge is 0.388 e. The Labute approximate surface area is 118 Å². The third-order valence-electron chi connectivity index (χ3n) is 3.59. The predicted octanol–water partition coefficient (Wildman–Crippen LogP) is 3.81. The number of rotatable bonds is 3. The Morgan fingerprint density at radius 3 is 2.89 bits per heavy atom. The zero-order chi connectivity index (χ0) is 13.1. The second kappa shape index (κ2) is 6.25. The van der Waals surface area contributed by atoms with E-state index in [0.29, 0.717) is 22.5 Å². The highest BCUT2D eigenvalue weighted by Gasteiger charge is 2.22. The lowest BCUT2D eigenvalue weighted by Gasteiger charge is -2.30. The predicted molar refractivity (Wildman–Crippen MR) is 76.2 cm³/mol. The Bertz CT molecular complexity index is 411. The van der Waals surface area contributed by atoms with Gasteiger partial charge in [0, 0.05) is 16.1 Å². The minimum absolute atomic E-state index is 0.371. The number of benzene rings is 1. The minimum atomic E-state index is -0.530. The molecule has 0 bridgehead atoms. The second-order valence-corrected chi connectivity index (χ2v) is 6.04. The van der Waals surface area contributed by atoms with Crippen molar-refractivity contribution in [3.05, 3.63) is 33.8 Å². The van der Waals surface area contributed by atoms with Crippen LogP contribution in [0.2, 0.25) is 10.0 Å². The number of aliphatic hydroxyl groups is 1. The van der Waals surface area contributed by atoms with E-state index in [1.54, 1.807) is 12.1 Å². The third kappa shape index (κ3) is 3.61. The molecule has 0 aromatic heterocycles. The van der Waals surface area contributed by atoms with Crippen LogP contribution in [-0.2, 0) is 0 Å². The van der Waals surface area contributed by atoms with Gasteiger partial charge in [0.05, 0.1) is 6.10 Å². The molecule has 2 N–H and O–H groups in total. The Hall–Kier alpha value is -0.280. The smallest absolute Gasteiger partial charge is 0.0819 e. The standard InChI is InChI=1S/C14H19Cl2NO/c1-9-4-5-17-11(6-9)8-14(18)12-3-2-10(15)7-13(12)16/h2-3,7,9,11,14,17-18H,4-6,8H2,1H3. The van der Waals surface area contributed by atoms with Crippen molar-refractivity contribution < 1.29 is 5.11 Å². The van der Waals surface area contributed by atoms with Crippen molar-refractivity contribution in [2.24, 2.45) is 5.92 Å². The monoisotopic (exact) mass is 287 g/mol. The molecule has 1 aromatic rings. The molecule has 1 saturated heterocycles. The van der Waals surface area contributed by atoms with Gasteiger partial charge in [0.15, 0.2) is 0 Å². The summed E-state index contributed by atoms with van der Waals surface area (Å²) in [6, 6.07) is 5.62. The molecule has 2 rings (SSSR count). The zero-order valence-corrected chi connectivity index (χ0v) is 12.0. The molecule has 0 saturated carbocycles. The van der Waals surface area contributed by atoms with Crippen molar-refractivity contribution in [3.8, 4) is 0 Å². The molecule has 1 heterocycles. The lowest BCUT2D eigenvalue weighted by molar-refractivity contribution is 0.138. The highest BCUT2D eigenvalue weighted by molar-refractivity contribution is 6.35. The number of piperidine rings is 1. The average molecular weight is 288 g/mol. The van der Waals surface area contributed by atoms with Crippen LogP contribution in [0.25, 0.3) is 0 Å². The summed E-state index contributed by atoms with van der Waals surface area (Å²) >= 11 is 12.0. The van der Waals surface area contributed by atoms with Crippen LogP contribution in [0.3, 0.4) is 0 Å². The maximum absolute atomic E-state index is 10.3. The second-order valence-electron chi connectivity index (χ2n) is 5.20. The van der Waals surface area contributed by atoms with E-state index in [-0.39, 0.29) is 0 Å². The highest BCUT2D eigenvalue weighted by Crippen LogP contribution is 2.30. The summed E-state index contributed by atoms with van der Waals surface area (Å²) in [6.07, 6.45) is 2.50. The van der Waals surface area contributed by atoms with Crippen LogP contribution in [0.4, 0.5) is 0 Å². The number of hydrogen-bond acceptors (Lipinski definition) is 2. The quantitative estimate of drug-likeness (QED) is 0.886. The summed E-state index contributed by atoms with van der Waals surface area (Å²) in [5.74, 6) is 0.726. The molecular weight excluding hydrogens is 269 g/mol. The first-order valence-corrected chi connectivity index (χ1v) is 7.18. The van der Waals surface area contributed by atoms with E-state index in [2.05, 4.69) is 12.2 Å². The fourth-order valence-corrected chi connectivity index (χ4v) is 3.10. The molecule has 3 atom stereocenters. The van der Waals surface area contributed by atoms with Crippen LogP contribution in [0, 0.1) is 5.92 Å². The summed E-state index contributed by atoms with van der Waals surface area (Å²) in [5, 5.41) is 14.9. The van der Waals surface area contributed by atoms with E-state index < -0.39 is 6.10 Å². The highest BCUT2D eigenvalue weighted by atomic mass is 35.5. The van der Waals surface area contributed by atoms with Gasteiger partial charge in [-0.05, 0) is 49.4 Å². The van der Waals surface area contributed by atoms with Gasteiger partial charge in [0.1, 0.15) is 0 Å². The van der Waals surface area contributed by atoms with Crippen LogP contribution in [0.5, 0.6) is 0 Å². The van der Waals surface area contributed by atoms with E-state index in [0.717, 1.165) is 24.4 Å². The first-order chi connectivity index (χ1) is 8.56. The maximum Gasteiger partial charge on any atom is 0.0819 e. The molecule has 1 fully saturated rings. The third-order valence-corrected chi connectivity index (χ3v) is 4.15. The normalized spacial score (nSPS) is 26.0. The summed E-state index contributed by atoms with van der Waals surface area (Å²) in [4.78, 5) is 0. The molecule has 2 nitrogen and oxygen atoms in total. The molecular formula is C14H19Cl2NO. The van der Waals surface area contributed by atoms with Crippen LogP contribution in [-0.4, -0.2) is 17.7 Å². The van der Waals surface area contributed by atoms with Crippen LogP contribution in [0.15, 0.2) is 18.2 Å². The molecule has 1 aromatic carbocycles.